The first-order valence-electron chi connectivity index (χ1n) is 9.23. The normalized spacial score (nSPS) is 13.8. The monoisotopic (exact) mass is 358 g/mol. The predicted octanol–water partition coefficient (Wildman–Crippen LogP) is 5.42. The van der Waals surface area contributed by atoms with Crippen molar-refractivity contribution in [1.82, 2.24) is 0 Å². The summed E-state index contributed by atoms with van der Waals surface area (Å²) in [7, 11) is 1.65. The van der Waals surface area contributed by atoms with Crippen LogP contribution >= 0.6 is 0 Å². The molecule has 0 N–H and O–H groups in total. The maximum atomic E-state index is 11.9. The average Bonchev–Trinajstić information content (AvgIpc) is 3.56. The maximum absolute atomic E-state index is 11.9. The molecule has 0 bridgehead atoms. The molecular weight excluding hydrogens is 336 g/mol. The van der Waals surface area contributed by atoms with Crippen molar-refractivity contribution in [3.8, 4) is 11.5 Å². The molecule has 1 aliphatic rings. The number of rotatable bonds is 7. The SMILES string of the molecule is COc1ccc(/C=C/C(=O)C2CC2)cc1COc1ccc2ccccc2c1. The van der Waals surface area contributed by atoms with Gasteiger partial charge in [0.2, 0.25) is 0 Å². The molecule has 136 valence electrons. The quantitative estimate of drug-likeness (QED) is 0.529. The van der Waals surface area contributed by atoms with Crippen LogP contribution in [-0.2, 0) is 11.4 Å². The van der Waals surface area contributed by atoms with Gasteiger partial charge in [-0.3, -0.25) is 4.79 Å². The second kappa shape index (κ2) is 7.67. The first-order valence-corrected chi connectivity index (χ1v) is 9.23. The molecule has 0 saturated heterocycles. The summed E-state index contributed by atoms with van der Waals surface area (Å²) in [5.74, 6) is 2.07. The van der Waals surface area contributed by atoms with Crippen molar-refractivity contribution in [2.45, 2.75) is 19.4 Å². The molecule has 0 heterocycles. The van der Waals surface area contributed by atoms with E-state index in [1.54, 1.807) is 13.2 Å². The molecule has 0 spiro atoms. The summed E-state index contributed by atoms with van der Waals surface area (Å²) < 4.78 is 11.5. The van der Waals surface area contributed by atoms with Crippen LogP contribution in [0.5, 0.6) is 11.5 Å². The van der Waals surface area contributed by atoms with Crippen LogP contribution in [0.25, 0.3) is 16.8 Å². The first-order chi connectivity index (χ1) is 13.2. The van der Waals surface area contributed by atoms with Crippen LogP contribution in [0.4, 0.5) is 0 Å². The van der Waals surface area contributed by atoms with Crippen molar-refractivity contribution >= 4 is 22.6 Å². The molecule has 0 aromatic heterocycles. The highest BCUT2D eigenvalue weighted by Crippen LogP contribution is 2.30. The average molecular weight is 358 g/mol. The molecule has 4 rings (SSSR count). The van der Waals surface area contributed by atoms with Crippen molar-refractivity contribution in [2.75, 3.05) is 7.11 Å². The topological polar surface area (TPSA) is 35.5 Å². The lowest BCUT2D eigenvalue weighted by Gasteiger charge is -2.12. The van der Waals surface area contributed by atoms with Gasteiger partial charge in [-0.15, -0.1) is 0 Å². The minimum Gasteiger partial charge on any atom is -0.496 e. The molecule has 3 aromatic rings. The van der Waals surface area contributed by atoms with Crippen LogP contribution < -0.4 is 9.47 Å². The Kier molecular flexibility index (Phi) is 4.93. The summed E-state index contributed by atoms with van der Waals surface area (Å²) in [4.78, 5) is 11.9. The zero-order valence-corrected chi connectivity index (χ0v) is 15.4. The molecule has 27 heavy (non-hydrogen) atoms. The van der Waals surface area contributed by atoms with Crippen LogP contribution in [0.1, 0.15) is 24.0 Å². The highest BCUT2D eigenvalue weighted by atomic mass is 16.5. The fraction of sp³-hybridized carbons (Fsp3) is 0.208. The highest BCUT2D eigenvalue weighted by Gasteiger charge is 2.27. The smallest absolute Gasteiger partial charge is 0.158 e. The molecular formula is C24H22O3. The van der Waals surface area contributed by atoms with E-state index in [2.05, 4.69) is 18.2 Å². The van der Waals surface area contributed by atoms with E-state index in [1.807, 2.05) is 48.5 Å². The summed E-state index contributed by atoms with van der Waals surface area (Å²) in [6.07, 6.45) is 5.61. The largest absolute Gasteiger partial charge is 0.496 e. The zero-order chi connectivity index (χ0) is 18.6. The van der Waals surface area contributed by atoms with Gasteiger partial charge in [-0.1, -0.05) is 42.5 Å². The number of carbonyl (C=O) groups is 1. The lowest BCUT2D eigenvalue weighted by Crippen LogP contribution is -1.99. The van der Waals surface area contributed by atoms with Gasteiger partial charge < -0.3 is 9.47 Å². The number of carbonyl (C=O) groups excluding carboxylic acids is 1. The molecule has 3 aromatic carbocycles. The molecule has 3 nitrogen and oxygen atoms in total. The fourth-order valence-electron chi connectivity index (χ4n) is 3.12. The van der Waals surface area contributed by atoms with E-state index in [0.29, 0.717) is 6.61 Å². The maximum Gasteiger partial charge on any atom is 0.158 e. The molecule has 3 heteroatoms. The Morgan fingerprint density at radius 2 is 1.85 bits per heavy atom. The van der Waals surface area contributed by atoms with Gasteiger partial charge in [-0.25, -0.2) is 0 Å². The summed E-state index contributed by atoms with van der Waals surface area (Å²) in [6, 6.07) is 20.2. The van der Waals surface area contributed by atoms with Gasteiger partial charge in [0.1, 0.15) is 18.1 Å². The van der Waals surface area contributed by atoms with E-state index in [4.69, 9.17) is 9.47 Å². The molecule has 0 amide bonds. The standard InChI is InChI=1S/C24H22O3/c1-26-24-13-7-17(6-12-23(25)19-8-9-19)14-21(24)16-27-22-11-10-18-4-2-3-5-20(18)15-22/h2-7,10-15,19H,8-9,16H2,1H3/b12-6+. The van der Waals surface area contributed by atoms with Gasteiger partial charge in [0.05, 0.1) is 7.11 Å². The molecule has 1 fully saturated rings. The van der Waals surface area contributed by atoms with Gasteiger partial charge in [-0.2, -0.15) is 0 Å². The lowest BCUT2D eigenvalue weighted by molar-refractivity contribution is -0.115. The zero-order valence-electron chi connectivity index (χ0n) is 15.4. The van der Waals surface area contributed by atoms with Crippen molar-refractivity contribution in [2.24, 2.45) is 5.92 Å². The number of fused-ring (bicyclic) bond motifs is 1. The second-order valence-corrected chi connectivity index (χ2v) is 6.88. The van der Waals surface area contributed by atoms with Crippen LogP contribution in [-0.4, -0.2) is 12.9 Å². The summed E-state index contributed by atoms with van der Waals surface area (Å²) in [5.41, 5.74) is 1.92. The van der Waals surface area contributed by atoms with Crippen molar-refractivity contribution < 1.29 is 14.3 Å². The number of allylic oxidation sites excluding steroid dienone is 1. The number of hydrogen-bond acceptors (Lipinski definition) is 3. The minimum atomic E-state index is 0.222. The third-order valence-electron chi connectivity index (χ3n) is 4.84. The number of hydrogen-bond donors (Lipinski definition) is 0. The minimum absolute atomic E-state index is 0.222. The van der Waals surface area contributed by atoms with Gasteiger partial charge >= 0.3 is 0 Å². The highest BCUT2D eigenvalue weighted by molar-refractivity contribution is 5.96. The lowest BCUT2D eigenvalue weighted by atomic mass is 10.1. The number of benzene rings is 3. The van der Waals surface area contributed by atoms with Gasteiger partial charge in [0, 0.05) is 11.5 Å². The van der Waals surface area contributed by atoms with E-state index in [0.717, 1.165) is 40.9 Å². The Morgan fingerprint density at radius 1 is 1.04 bits per heavy atom. The summed E-state index contributed by atoms with van der Waals surface area (Å²) >= 11 is 0. The van der Waals surface area contributed by atoms with Gasteiger partial charge in [-0.05, 0) is 59.5 Å². The fourth-order valence-corrected chi connectivity index (χ4v) is 3.12. The van der Waals surface area contributed by atoms with E-state index in [1.165, 1.54) is 5.39 Å². The Balaban J connectivity index is 1.50. The Hall–Kier alpha value is -3.07. The molecule has 0 radical (unpaired) electrons. The first kappa shape index (κ1) is 17.3. The van der Waals surface area contributed by atoms with Crippen LogP contribution in [0.15, 0.2) is 66.7 Å². The number of ketones is 1. The van der Waals surface area contributed by atoms with E-state index in [-0.39, 0.29) is 11.7 Å². The van der Waals surface area contributed by atoms with Crippen LogP contribution in [0, 0.1) is 5.92 Å². The third kappa shape index (κ3) is 4.20. The van der Waals surface area contributed by atoms with Crippen molar-refractivity contribution in [3.63, 3.8) is 0 Å². The van der Waals surface area contributed by atoms with Crippen molar-refractivity contribution in [3.05, 3.63) is 77.9 Å². The molecule has 0 aliphatic heterocycles. The Labute approximate surface area is 159 Å². The molecule has 1 saturated carbocycles. The summed E-state index contributed by atoms with van der Waals surface area (Å²) in [5, 5.41) is 2.34. The number of ether oxygens (including phenoxy) is 2. The van der Waals surface area contributed by atoms with Crippen LogP contribution in [0.2, 0.25) is 0 Å². The third-order valence-corrected chi connectivity index (χ3v) is 4.84. The molecule has 1 aliphatic carbocycles. The Bertz CT molecular complexity index is 999. The van der Waals surface area contributed by atoms with Crippen molar-refractivity contribution in [1.29, 1.82) is 0 Å². The van der Waals surface area contributed by atoms with Gasteiger partial charge in [0.15, 0.2) is 5.78 Å². The second-order valence-electron chi connectivity index (χ2n) is 6.88. The van der Waals surface area contributed by atoms with E-state index in [9.17, 15) is 4.79 Å². The van der Waals surface area contributed by atoms with E-state index >= 15 is 0 Å². The number of methoxy groups -OCH3 is 1. The molecule has 0 atom stereocenters. The summed E-state index contributed by atoms with van der Waals surface area (Å²) in [6.45, 7) is 0.403. The van der Waals surface area contributed by atoms with E-state index < -0.39 is 0 Å². The molecule has 0 unspecified atom stereocenters. The predicted molar refractivity (Wildman–Crippen MR) is 108 cm³/mol. The van der Waals surface area contributed by atoms with Gasteiger partial charge in [0.25, 0.3) is 0 Å². The Morgan fingerprint density at radius 3 is 2.63 bits per heavy atom. The van der Waals surface area contributed by atoms with Crippen LogP contribution in [0.3, 0.4) is 0 Å².